The van der Waals surface area contributed by atoms with E-state index in [2.05, 4.69) is 10.2 Å². The van der Waals surface area contributed by atoms with Crippen molar-refractivity contribution in [3.05, 3.63) is 34.0 Å². The summed E-state index contributed by atoms with van der Waals surface area (Å²) >= 11 is 0. The number of nitrogens with zero attached hydrogens (tertiary/aromatic N) is 4. The fourth-order valence-electron chi connectivity index (χ4n) is 3.02. The Bertz CT molecular complexity index is 875. The van der Waals surface area contributed by atoms with Gasteiger partial charge in [-0.1, -0.05) is 20.8 Å². The first-order valence-corrected chi connectivity index (χ1v) is 8.39. The lowest BCUT2D eigenvalue weighted by molar-refractivity contribution is -0.384. The van der Waals surface area contributed by atoms with Crippen molar-refractivity contribution in [1.82, 2.24) is 20.0 Å². The molecule has 0 saturated carbocycles. The zero-order valence-electron chi connectivity index (χ0n) is 15.0. The molecule has 1 N–H and O–H groups in total. The van der Waals surface area contributed by atoms with E-state index >= 15 is 0 Å². The number of benzene rings is 1. The van der Waals surface area contributed by atoms with E-state index in [0.29, 0.717) is 37.1 Å². The number of non-ortho nitro benzene ring substituents is 1. The number of piperazine rings is 1. The molecule has 1 aromatic heterocycles. The molecule has 1 aliphatic heterocycles. The zero-order chi connectivity index (χ0) is 19.1. The summed E-state index contributed by atoms with van der Waals surface area (Å²) in [5.74, 6) is -0.231. The van der Waals surface area contributed by atoms with Gasteiger partial charge in [0.05, 0.1) is 10.4 Å². The van der Waals surface area contributed by atoms with Crippen LogP contribution in [0.1, 0.15) is 31.3 Å². The predicted molar refractivity (Wildman–Crippen MR) is 94.7 cm³/mol. The van der Waals surface area contributed by atoms with E-state index in [4.69, 9.17) is 0 Å². The molecule has 9 nitrogen and oxygen atoms in total. The fourth-order valence-corrected chi connectivity index (χ4v) is 3.02. The van der Waals surface area contributed by atoms with Gasteiger partial charge in [0, 0.05) is 49.1 Å². The molecule has 0 radical (unpaired) electrons. The summed E-state index contributed by atoms with van der Waals surface area (Å²) in [6.45, 7) is 7.35. The van der Waals surface area contributed by atoms with E-state index in [1.807, 2.05) is 20.8 Å². The van der Waals surface area contributed by atoms with Crippen LogP contribution < -0.4 is 0 Å². The normalized spacial score (nSPS) is 15.3. The van der Waals surface area contributed by atoms with Crippen molar-refractivity contribution in [2.75, 3.05) is 26.2 Å². The minimum Gasteiger partial charge on any atom is -0.339 e. The summed E-state index contributed by atoms with van der Waals surface area (Å²) in [4.78, 5) is 39.0. The number of nitrogens with one attached hydrogen (secondary N) is 1. The minimum atomic E-state index is -0.502. The van der Waals surface area contributed by atoms with Crippen molar-refractivity contribution >= 4 is 28.4 Å². The number of hydrogen-bond donors (Lipinski definition) is 1. The SMILES string of the molecule is CC(C)(C)C(=O)N1CCN(C(=O)c2n[nH]c3ccc([N+](=O)[O-])cc23)CC1. The van der Waals surface area contributed by atoms with E-state index in [1.165, 1.54) is 18.2 Å². The lowest BCUT2D eigenvalue weighted by Crippen LogP contribution is -2.53. The van der Waals surface area contributed by atoms with E-state index in [0.717, 1.165) is 0 Å². The number of carbonyl (C=O) groups excluding carboxylic acids is 2. The van der Waals surface area contributed by atoms with Gasteiger partial charge in [-0.25, -0.2) is 0 Å². The van der Waals surface area contributed by atoms with Crippen LogP contribution in [0.4, 0.5) is 5.69 Å². The second-order valence-electron chi connectivity index (χ2n) is 7.39. The van der Waals surface area contributed by atoms with Crippen molar-refractivity contribution < 1.29 is 14.5 Å². The summed E-state index contributed by atoms with van der Waals surface area (Å²) in [7, 11) is 0. The summed E-state index contributed by atoms with van der Waals surface area (Å²) < 4.78 is 0. The molecule has 0 bridgehead atoms. The van der Waals surface area contributed by atoms with Gasteiger partial charge in [0.1, 0.15) is 0 Å². The molecule has 1 aliphatic rings. The number of rotatable bonds is 2. The Kier molecular flexibility index (Phi) is 4.39. The maximum Gasteiger partial charge on any atom is 0.275 e. The number of aromatic amines is 1. The second-order valence-corrected chi connectivity index (χ2v) is 7.39. The van der Waals surface area contributed by atoms with Crippen LogP contribution in [0.15, 0.2) is 18.2 Å². The summed E-state index contributed by atoms with van der Waals surface area (Å²) in [6.07, 6.45) is 0. The van der Waals surface area contributed by atoms with Crippen LogP contribution >= 0.6 is 0 Å². The standard InChI is InChI=1S/C17H21N5O4/c1-17(2,3)16(24)21-8-6-20(7-9-21)15(23)14-12-10-11(22(25)26)4-5-13(12)18-19-14/h4-5,10H,6-9H2,1-3H3,(H,18,19). The quantitative estimate of drug-likeness (QED) is 0.649. The Balaban J connectivity index is 1.77. The first-order valence-electron chi connectivity index (χ1n) is 8.39. The van der Waals surface area contributed by atoms with Crippen LogP contribution in [-0.2, 0) is 4.79 Å². The van der Waals surface area contributed by atoms with Gasteiger partial charge < -0.3 is 9.80 Å². The number of fused-ring (bicyclic) bond motifs is 1. The third-order valence-corrected chi connectivity index (χ3v) is 4.46. The molecule has 3 rings (SSSR count). The Morgan fingerprint density at radius 3 is 2.35 bits per heavy atom. The van der Waals surface area contributed by atoms with Gasteiger partial charge in [-0.2, -0.15) is 5.10 Å². The van der Waals surface area contributed by atoms with Gasteiger partial charge in [0.25, 0.3) is 11.6 Å². The number of H-pyrrole nitrogens is 1. The summed E-state index contributed by atoms with van der Waals surface area (Å²) in [5.41, 5.74) is 0.192. The fraction of sp³-hybridized carbons (Fsp3) is 0.471. The average molecular weight is 359 g/mol. The molecule has 1 fully saturated rings. The van der Waals surface area contributed by atoms with Crippen LogP contribution in [0.3, 0.4) is 0 Å². The number of carbonyl (C=O) groups is 2. The molecular weight excluding hydrogens is 338 g/mol. The maximum absolute atomic E-state index is 12.8. The Morgan fingerprint density at radius 1 is 1.15 bits per heavy atom. The third-order valence-electron chi connectivity index (χ3n) is 4.46. The molecule has 1 saturated heterocycles. The molecule has 2 heterocycles. The highest BCUT2D eigenvalue weighted by molar-refractivity contribution is 6.05. The lowest BCUT2D eigenvalue weighted by Gasteiger charge is -2.37. The van der Waals surface area contributed by atoms with Gasteiger partial charge in [0.2, 0.25) is 5.91 Å². The van der Waals surface area contributed by atoms with E-state index in [-0.39, 0.29) is 23.2 Å². The van der Waals surface area contributed by atoms with Crippen molar-refractivity contribution in [2.24, 2.45) is 5.41 Å². The van der Waals surface area contributed by atoms with Crippen LogP contribution in [0.2, 0.25) is 0 Å². The van der Waals surface area contributed by atoms with Crippen LogP contribution in [0.5, 0.6) is 0 Å². The van der Waals surface area contributed by atoms with Crippen molar-refractivity contribution in [3.8, 4) is 0 Å². The van der Waals surface area contributed by atoms with Crippen molar-refractivity contribution in [2.45, 2.75) is 20.8 Å². The highest BCUT2D eigenvalue weighted by Crippen LogP contribution is 2.24. The van der Waals surface area contributed by atoms with E-state index in [9.17, 15) is 19.7 Å². The van der Waals surface area contributed by atoms with Gasteiger partial charge in [-0.3, -0.25) is 24.8 Å². The lowest BCUT2D eigenvalue weighted by atomic mass is 9.94. The molecule has 2 amide bonds. The van der Waals surface area contributed by atoms with Crippen LogP contribution in [0, 0.1) is 15.5 Å². The molecule has 26 heavy (non-hydrogen) atoms. The molecule has 9 heteroatoms. The molecule has 2 aromatic rings. The van der Waals surface area contributed by atoms with Gasteiger partial charge in [-0.05, 0) is 6.07 Å². The highest BCUT2D eigenvalue weighted by Gasteiger charge is 2.32. The summed E-state index contributed by atoms with van der Waals surface area (Å²) in [6, 6.07) is 4.26. The molecular formula is C17H21N5O4. The Morgan fingerprint density at radius 2 is 1.77 bits per heavy atom. The number of nitro benzene ring substituents is 1. The van der Waals surface area contributed by atoms with Crippen molar-refractivity contribution in [3.63, 3.8) is 0 Å². The molecule has 0 atom stereocenters. The van der Waals surface area contributed by atoms with Crippen LogP contribution in [-0.4, -0.2) is 62.9 Å². The zero-order valence-corrected chi connectivity index (χ0v) is 15.0. The molecule has 1 aromatic carbocycles. The highest BCUT2D eigenvalue weighted by atomic mass is 16.6. The monoisotopic (exact) mass is 359 g/mol. The first kappa shape index (κ1) is 17.8. The van der Waals surface area contributed by atoms with E-state index in [1.54, 1.807) is 9.80 Å². The number of amides is 2. The number of hydrogen-bond acceptors (Lipinski definition) is 5. The topological polar surface area (TPSA) is 112 Å². The van der Waals surface area contributed by atoms with Crippen LogP contribution in [0.25, 0.3) is 10.9 Å². The predicted octanol–water partition coefficient (Wildman–Crippen LogP) is 1.80. The summed E-state index contributed by atoms with van der Waals surface area (Å²) in [5, 5.41) is 18.2. The average Bonchev–Trinajstić information content (AvgIpc) is 3.02. The van der Waals surface area contributed by atoms with Gasteiger partial charge in [-0.15, -0.1) is 0 Å². The van der Waals surface area contributed by atoms with Gasteiger partial charge in [0.15, 0.2) is 5.69 Å². The molecule has 138 valence electrons. The van der Waals surface area contributed by atoms with E-state index < -0.39 is 10.3 Å². The number of aromatic nitrogens is 2. The molecule has 0 unspecified atom stereocenters. The second kappa shape index (κ2) is 6.40. The minimum absolute atomic E-state index is 0.0606. The third kappa shape index (κ3) is 3.24. The smallest absolute Gasteiger partial charge is 0.275 e. The Hall–Kier alpha value is -2.97. The van der Waals surface area contributed by atoms with Crippen molar-refractivity contribution in [1.29, 1.82) is 0 Å². The first-order chi connectivity index (χ1) is 12.2. The number of nitro groups is 1. The molecule has 0 aliphatic carbocycles. The maximum atomic E-state index is 12.8. The van der Waals surface area contributed by atoms with Gasteiger partial charge >= 0.3 is 0 Å². The Labute approximate surface area is 150 Å². The molecule has 0 spiro atoms. The largest absolute Gasteiger partial charge is 0.339 e.